The Labute approximate surface area is 184 Å². The van der Waals surface area contributed by atoms with Gasteiger partial charge < -0.3 is 14.2 Å². The monoisotopic (exact) mass is 417 g/mol. The van der Waals surface area contributed by atoms with Gasteiger partial charge in [-0.3, -0.25) is 4.90 Å². The first kappa shape index (κ1) is 20.3. The van der Waals surface area contributed by atoms with E-state index < -0.39 is 0 Å². The molecule has 0 aliphatic carbocycles. The molecule has 5 heteroatoms. The van der Waals surface area contributed by atoms with E-state index in [1.54, 1.807) is 0 Å². The fourth-order valence-corrected chi connectivity index (χ4v) is 5.34. The van der Waals surface area contributed by atoms with E-state index in [1.807, 2.05) is 0 Å². The number of hydrogen-bond donors (Lipinski definition) is 0. The van der Waals surface area contributed by atoms with Crippen molar-refractivity contribution in [2.45, 2.75) is 51.6 Å². The molecule has 162 valence electrons. The number of aryl methyl sites for hydroxylation is 1. The zero-order chi connectivity index (χ0) is 21.2. The largest absolute Gasteiger partial charge is 0.361 e. The summed E-state index contributed by atoms with van der Waals surface area (Å²) in [4.78, 5) is 16.2. The summed E-state index contributed by atoms with van der Waals surface area (Å²) in [7, 11) is 0. The second kappa shape index (κ2) is 8.83. The van der Waals surface area contributed by atoms with Crippen LogP contribution in [0.15, 0.2) is 47.0 Å². The number of rotatable bonds is 7. The molecule has 3 aromatic rings. The number of benzene rings is 2. The number of fused-ring (bicyclic) bond motifs is 2. The van der Waals surface area contributed by atoms with Crippen LogP contribution in [-0.2, 0) is 24.2 Å². The fourth-order valence-electron chi connectivity index (χ4n) is 5.34. The molecule has 2 aliphatic heterocycles. The van der Waals surface area contributed by atoms with E-state index in [0.29, 0.717) is 0 Å². The van der Waals surface area contributed by atoms with E-state index in [2.05, 4.69) is 64.3 Å². The molecule has 0 N–H and O–H groups in total. The number of anilines is 1. The lowest BCUT2D eigenvalue weighted by Crippen LogP contribution is -2.33. The van der Waals surface area contributed by atoms with Gasteiger partial charge >= 0.3 is 0 Å². The number of carbonyl (C=O) groups excluding carboxylic acids is 1. The summed E-state index contributed by atoms with van der Waals surface area (Å²) in [5.41, 5.74) is 5.69. The first-order valence-corrected chi connectivity index (χ1v) is 11.6. The highest BCUT2D eigenvalue weighted by molar-refractivity contribution is 5.87. The van der Waals surface area contributed by atoms with Gasteiger partial charge in [-0.25, -0.2) is 0 Å². The van der Waals surface area contributed by atoms with Crippen LogP contribution in [0, 0.1) is 5.92 Å². The second-order valence-electron chi connectivity index (χ2n) is 9.04. The minimum Gasteiger partial charge on any atom is -0.361 e. The summed E-state index contributed by atoms with van der Waals surface area (Å²) in [6.45, 7) is 6.32. The van der Waals surface area contributed by atoms with Gasteiger partial charge in [-0.05, 0) is 68.8 Å². The van der Waals surface area contributed by atoms with Crippen molar-refractivity contribution in [2.75, 3.05) is 24.5 Å². The summed E-state index contributed by atoms with van der Waals surface area (Å²) in [6.07, 6.45) is 6.48. The molecule has 3 heterocycles. The minimum absolute atomic E-state index is 0.0519. The molecular formula is C26H31N3O2. The van der Waals surface area contributed by atoms with E-state index in [1.165, 1.54) is 37.1 Å². The predicted octanol–water partition coefficient (Wildman–Crippen LogP) is 4.62. The van der Waals surface area contributed by atoms with Crippen molar-refractivity contribution in [3.63, 3.8) is 0 Å². The molecule has 1 fully saturated rings. The van der Waals surface area contributed by atoms with Crippen LogP contribution in [0.3, 0.4) is 0 Å². The lowest BCUT2D eigenvalue weighted by molar-refractivity contribution is -0.108. The van der Waals surface area contributed by atoms with Crippen LogP contribution in [0.1, 0.15) is 43.0 Å². The molecule has 31 heavy (non-hydrogen) atoms. The topological polar surface area (TPSA) is 49.6 Å². The third-order valence-corrected chi connectivity index (χ3v) is 7.13. The van der Waals surface area contributed by atoms with Crippen LogP contribution in [0.5, 0.6) is 0 Å². The Morgan fingerprint density at radius 3 is 2.71 bits per heavy atom. The van der Waals surface area contributed by atoms with Gasteiger partial charge in [0, 0.05) is 36.7 Å². The van der Waals surface area contributed by atoms with E-state index in [0.717, 1.165) is 66.9 Å². The molecule has 2 aromatic carbocycles. The van der Waals surface area contributed by atoms with Crippen molar-refractivity contribution >= 4 is 22.9 Å². The number of aromatic nitrogens is 1. The Balaban J connectivity index is 1.20. The lowest BCUT2D eigenvalue weighted by atomic mass is 9.91. The molecule has 1 aromatic heterocycles. The summed E-state index contributed by atoms with van der Waals surface area (Å²) < 4.78 is 5.69. The molecule has 1 unspecified atom stereocenters. The maximum atomic E-state index is 11.5. The summed E-state index contributed by atoms with van der Waals surface area (Å²) in [6, 6.07) is 15.0. The van der Waals surface area contributed by atoms with Crippen LogP contribution >= 0.6 is 0 Å². The van der Waals surface area contributed by atoms with Crippen molar-refractivity contribution in [2.24, 2.45) is 5.92 Å². The molecule has 0 saturated carbocycles. The van der Waals surface area contributed by atoms with Gasteiger partial charge in [0.05, 0.1) is 11.7 Å². The SMILES string of the molecule is CCN1c2cc3onc(CCC4CCN(Cc5ccccc5)CC4)c3cc2CC1C=O. The quantitative estimate of drug-likeness (QED) is 0.525. The predicted molar refractivity (Wildman–Crippen MR) is 123 cm³/mol. The smallest absolute Gasteiger partial charge is 0.169 e. The third-order valence-electron chi connectivity index (χ3n) is 7.13. The number of nitrogens with zero attached hydrogens (tertiary/aromatic N) is 3. The van der Waals surface area contributed by atoms with E-state index >= 15 is 0 Å². The fraction of sp³-hybridized carbons (Fsp3) is 0.462. The zero-order valence-corrected chi connectivity index (χ0v) is 18.3. The Morgan fingerprint density at radius 1 is 1.16 bits per heavy atom. The van der Waals surface area contributed by atoms with Gasteiger partial charge in [0.2, 0.25) is 0 Å². The molecule has 0 bridgehead atoms. The number of piperidine rings is 1. The number of likely N-dealkylation sites (N-methyl/N-ethyl adjacent to an activating group) is 1. The van der Waals surface area contributed by atoms with Gasteiger partial charge in [0.25, 0.3) is 0 Å². The highest BCUT2D eigenvalue weighted by Crippen LogP contribution is 2.36. The van der Waals surface area contributed by atoms with Crippen molar-refractivity contribution in [1.82, 2.24) is 10.1 Å². The molecule has 0 amide bonds. The molecule has 0 radical (unpaired) electrons. The maximum absolute atomic E-state index is 11.5. The van der Waals surface area contributed by atoms with Gasteiger partial charge in [-0.2, -0.15) is 0 Å². The first-order chi connectivity index (χ1) is 15.2. The lowest BCUT2D eigenvalue weighted by Gasteiger charge is -2.31. The van der Waals surface area contributed by atoms with Crippen LogP contribution in [0.4, 0.5) is 5.69 Å². The summed E-state index contributed by atoms with van der Waals surface area (Å²) in [5, 5.41) is 5.54. The Kier molecular flexibility index (Phi) is 5.77. The number of hydrogen-bond acceptors (Lipinski definition) is 5. The van der Waals surface area contributed by atoms with E-state index in [9.17, 15) is 4.79 Å². The Morgan fingerprint density at radius 2 is 1.97 bits per heavy atom. The van der Waals surface area contributed by atoms with Crippen molar-refractivity contribution in [1.29, 1.82) is 0 Å². The molecule has 5 rings (SSSR count). The maximum Gasteiger partial charge on any atom is 0.169 e. The average Bonchev–Trinajstić information content (AvgIpc) is 3.37. The molecule has 2 aliphatic rings. The molecule has 5 nitrogen and oxygen atoms in total. The number of aldehydes is 1. The number of carbonyl (C=O) groups is 1. The molecule has 0 spiro atoms. The summed E-state index contributed by atoms with van der Waals surface area (Å²) >= 11 is 0. The third kappa shape index (κ3) is 4.11. The van der Waals surface area contributed by atoms with Gasteiger partial charge in [0.1, 0.15) is 6.29 Å². The van der Waals surface area contributed by atoms with E-state index in [-0.39, 0.29) is 6.04 Å². The Bertz CT molecular complexity index is 1040. The minimum atomic E-state index is -0.0519. The van der Waals surface area contributed by atoms with E-state index in [4.69, 9.17) is 4.52 Å². The molecular weight excluding hydrogens is 386 g/mol. The van der Waals surface area contributed by atoms with Gasteiger partial charge in [0.15, 0.2) is 5.58 Å². The van der Waals surface area contributed by atoms with Crippen LogP contribution in [0.25, 0.3) is 11.0 Å². The summed E-state index contributed by atoms with van der Waals surface area (Å²) in [5.74, 6) is 0.753. The second-order valence-corrected chi connectivity index (χ2v) is 9.04. The highest BCUT2D eigenvalue weighted by Gasteiger charge is 2.29. The highest BCUT2D eigenvalue weighted by atomic mass is 16.5. The van der Waals surface area contributed by atoms with Gasteiger partial charge in [-0.1, -0.05) is 35.5 Å². The standard InChI is InChI=1S/C26H31N3O2/c1-2-29-22(18-30)14-21-15-23-24(27-31-26(23)16-25(21)29)9-8-19-10-12-28(13-11-19)17-20-6-4-3-5-7-20/h3-7,15-16,18-19,22H,2,8-14,17H2,1H3. The normalized spacial score (nSPS) is 19.8. The zero-order valence-electron chi connectivity index (χ0n) is 18.3. The van der Waals surface area contributed by atoms with Crippen molar-refractivity contribution in [3.05, 3.63) is 59.3 Å². The number of likely N-dealkylation sites (tertiary alicyclic amines) is 1. The average molecular weight is 418 g/mol. The molecule has 1 saturated heterocycles. The Hall–Kier alpha value is -2.66. The van der Waals surface area contributed by atoms with Crippen LogP contribution in [0.2, 0.25) is 0 Å². The molecule has 1 atom stereocenters. The van der Waals surface area contributed by atoms with Crippen LogP contribution in [-0.4, -0.2) is 42.0 Å². The van der Waals surface area contributed by atoms with Crippen LogP contribution < -0.4 is 4.90 Å². The van der Waals surface area contributed by atoms with Crippen molar-refractivity contribution in [3.8, 4) is 0 Å². The van der Waals surface area contributed by atoms with Crippen molar-refractivity contribution < 1.29 is 9.32 Å². The first-order valence-electron chi connectivity index (χ1n) is 11.6. The van der Waals surface area contributed by atoms with Gasteiger partial charge in [-0.15, -0.1) is 0 Å².